The van der Waals surface area contributed by atoms with Gasteiger partial charge in [-0.2, -0.15) is 49.8 Å². The zero-order valence-electron chi connectivity index (χ0n) is 87.1. The van der Waals surface area contributed by atoms with Gasteiger partial charge in [0.2, 0.25) is 29.7 Å². The first-order valence-corrected chi connectivity index (χ1v) is 56.8. The Labute approximate surface area is 898 Å². The normalized spacial score (nSPS) is 17.5. The molecule has 0 spiro atoms. The molecule has 30 nitrogen and oxygen atoms in total. The van der Waals surface area contributed by atoms with Crippen molar-refractivity contribution in [2.75, 3.05) is 59.3 Å². The first kappa shape index (κ1) is 106. The van der Waals surface area contributed by atoms with Gasteiger partial charge in [0, 0.05) is 99.0 Å². The molecular weight excluding hydrogens is 1970 g/mol. The topological polar surface area (TPSA) is 401 Å². The molecule has 0 bridgehead atoms. The maximum Gasteiger partial charge on any atom is 0.232 e. The Bertz CT molecular complexity index is 7040. The number of ketones is 5. The van der Waals surface area contributed by atoms with Gasteiger partial charge in [0.1, 0.15) is 87.2 Å². The summed E-state index contributed by atoms with van der Waals surface area (Å²) >= 11 is 7.59. The molecule has 5 aromatic carbocycles. The fraction of sp³-hybridized carbons (Fsp3) is 0.435. The van der Waals surface area contributed by atoms with E-state index in [4.69, 9.17) is 15.0 Å². The van der Waals surface area contributed by atoms with Gasteiger partial charge in [-0.1, -0.05) is 122 Å². The highest BCUT2D eigenvalue weighted by Gasteiger charge is 2.37. The van der Waals surface area contributed by atoms with Crippen LogP contribution in [0.4, 0.5) is 29.7 Å². The van der Waals surface area contributed by atoms with Crippen LogP contribution in [0.25, 0.3) is 0 Å². The molecule has 0 unspecified atom stereocenters. The largest absolute Gasteiger partial charge is 0.309 e. The van der Waals surface area contributed by atoms with E-state index in [0.717, 1.165) is 206 Å². The fourth-order valence-electron chi connectivity index (χ4n) is 16.9. The number of carbonyl (C=O) groups is 5. The van der Waals surface area contributed by atoms with Crippen molar-refractivity contribution in [3.63, 3.8) is 0 Å². The second-order valence-corrected chi connectivity index (χ2v) is 47.9. The van der Waals surface area contributed by atoms with Gasteiger partial charge >= 0.3 is 0 Å². The number of anilines is 5. The van der Waals surface area contributed by atoms with Crippen molar-refractivity contribution >= 4 is 147 Å². The van der Waals surface area contributed by atoms with E-state index >= 15 is 0 Å². The van der Waals surface area contributed by atoms with Gasteiger partial charge in [0.15, 0.2) is 25.8 Å². The minimum atomic E-state index is 0.0973. The fourth-order valence-corrected chi connectivity index (χ4v) is 20.7. The molecule has 8 saturated carbocycles. The van der Waals surface area contributed by atoms with Crippen LogP contribution in [0.5, 0.6) is 0 Å². The Hall–Kier alpha value is -12.7. The summed E-state index contributed by atoms with van der Waals surface area (Å²) in [7, 11) is 0. The number of rotatable bonds is 35. The summed E-state index contributed by atoms with van der Waals surface area (Å²) in [5.74, 6) is 16.7. The van der Waals surface area contributed by atoms with Gasteiger partial charge in [-0.05, 0) is 358 Å². The number of amidine groups is 5. The third-order valence-corrected chi connectivity index (χ3v) is 31.5. The van der Waals surface area contributed by atoms with Gasteiger partial charge in [-0.3, -0.25) is 48.9 Å². The second kappa shape index (κ2) is 48.3. The maximum absolute atomic E-state index is 11.7. The third-order valence-electron chi connectivity index (χ3n) is 27.2. The average molecular weight is 2100 g/mol. The summed E-state index contributed by atoms with van der Waals surface area (Å²) in [4.78, 5) is 155. The van der Waals surface area contributed by atoms with Crippen LogP contribution >= 0.6 is 58.8 Å². The predicted molar refractivity (Wildman–Crippen MR) is 595 cm³/mol. The van der Waals surface area contributed by atoms with Crippen LogP contribution < -0.4 is 26.6 Å². The van der Waals surface area contributed by atoms with Gasteiger partial charge < -0.3 is 26.6 Å². The molecule has 10 aromatic rings. The van der Waals surface area contributed by atoms with E-state index in [0.29, 0.717) is 149 Å². The number of hydrogen-bond acceptors (Lipinski definition) is 35. The van der Waals surface area contributed by atoms with Crippen molar-refractivity contribution in [3.05, 3.63) is 237 Å². The van der Waals surface area contributed by atoms with Crippen molar-refractivity contribution in [2.24, 2.45) is 53.5 Å². The molecule has 0 saturated heterocycles. The molecule has 35 heteroatoms. The molecule has 0 atom stereocenters. The summed E-state index contributed by atoms with van der Waals surface area (Å²) in [6, 6.07) is 40.2. The molecule has 10 heterocycles. The molecule has 23 rings (SSSR count). The SMILES string of the molecule is CC(=O)Cc1ccc(Sc2nc(NC3=NCC(C(C)(C)C)=C3)nc(C3CC3)n2)cc1.CC(=O)Cc1ccc(Sc2nc(NC3=NCC(C4CC4)=C3)nc(C3CC3)n2)cc1.CC(=O)Cc1ccc(Sc2nc(NC3=NCC(C4CCC4)=C3)nc(C3CC3)n2)cc1.CCC(=O)Cc1ccc(Sc2nc(NC3=NCC(C(C)(C)C)=C3)nc(C3CC3)n2)cc1.CCC(=O)Cc1ccc(Sc2nc(NC3=NCC(C4CC4)=C3)nc(C3CC3)n2)cc1. The van der Waals surface area contributed by atoms with E-state index in [1.807, 2.05) is 135 Å². The Morgan fingerprint density at radius 2 is 0.467 bits per heavy atom. The van der Waals surface area contributed by atoms with E-state index in [-0.39, 0.29) is 39.7 Å². The average Bonchev–Trinajstić information content (AvgIpc) is 1.65. The first-order chi connectivity index (χ1) is 72.5. The number of nitrogens with one attached hydrogen (secondary N) is 5. The Morgan fingerprint density at radius 3 is 0.653 bits per heavy atom. The van der Waals surface area contributed by atoms with Crippen LogP contribution in [0.2, 0.25) is 0 Å². The highest BCUT2D eigenvalue weighted by molar-refractivity contribution is 8.00. The van der Waals surface area contributed by atoms with Crippen LogP contribution in [0.3, 0.4) is 0 Å². The zero-order valence-corrected chi connectivity index (χ0v) is 91.2. The zero-order chi connectivity index (χ0) is 104. The number of aromatic nitrogens is 15. The standard InChI is InChI=1S/C24H29N5OS.2C23H25N5OS.C23H27N5OS.C22H23N5OS/c1-5-18(30)12-15-6-10-19(11-7-15)31-23-28-21(16-8-9-16)27-22(29-23)26-20-13-17(14-25-20)24(2,3)4;1-14(29)11-15-5-9-19(10-6-15)30-23-27-21(17-7-8-17)26-22(28-23)25-20-12-18(13-24-20)16-3-2-4-16;1-2-18(29)11-14-3-9-19(10-4-14)30-23-27-21(16-7-8-16)26-22(28-23)25-20-12-17(13-24-20)15-5-6-15;1-14(29)11-15-5-9-18(10-6-15)30-22-27-20(16-7-8-16)26-21(28-22)25-19-12-17(13-24-19)23(2,3)4;1-13(28)10-14-2-8-18(9-3-14)29-22-26-20(16-6-7-16)25-21(27-22)24-19-11-17(12-23-19)15-4-5-15/h6-7,10-11,13,16H,5,8-9,12,14H2,1-4H3,(H,25,26,27,28,29);5-6,9-10,12,16-17H,2-4,7-8,11,13H2,1H3,(H,24,25,26,27,28);3-4,9-10,12,15-16H,2,5-8,11,13H2,1H3,(H,24,25,26,27,28);5-6,9-10,12,16H,7-8,11,13H2,1-4H3,(H,24,25,26,27,28);2-3,8-9,11,15-16H,4-7,10,12H2,1H3,(H,23,24,25,26,27). The monoisotopic (exact) mass is 2100 g/mol. The van der Waals surface area contributed by atoms with E-state index in [2.05, 4.69) is 183 Å². The maximum atomic E-state index is 11.7. The summed E-state index contributed by atoms with van der Waals surface area (Å²) in [6.07, 6.45) is 34.6. The van der Waals surface area contributed by atoms with Crippen molar-refractivity contribution in [2.45, 2.75) is 310 Å². The molecule has 0 radical (unpaired) electrons. The molecular formula is C115H129N25O5S5. The Balaban J connectivity index is 0.000000118. The lowest BCUT2D eigenvalue weighted by Gasteiger charge is -2.26. The van der Waals surface area contributed by atoms with Crippen LogP contribution in [0.1, 0.15) is 285 Å². The number of Topliss-reactive ketones (excluding diaryl/α,β-unsaturated/α-hetero) is 5. The van der Waals surface area contributed by atoms with Gasteiger partial charge in [-0.15, -0.1) is 0 Å². The van der Waals surface area contributed by atoms with Gasteiger partial charge in [0.25, 0.3) is 0 Å². The van der Waals surface area contributed by atoms with Crippen LogP contribution in [-0.2, 0) is 56.1 Å². The predicted octanol–water partition coefficient (Wildman–Crippen LogP) is 23.4. The van der Waals surface area contributed by atoms with Crippen molar-refractivity contribution < 1.29 is 24.0 Å². The second-order valence-electron chi connectivity index (χ2n) is 42.7. The lowest BCUT2D eigenvalue weighted by atomic mass is 9.80. The number of aliphatic imine (C=N–C) groups is 5. The molecule has 8 fully saturated rings. The number of benzene rings is 5. The lowest BCUT2D eigenvalue weighted by Crippen LogP contribution is -2.15. The van der Waals surface area contributed by atoms with Crippen molar-refractivity contribution in [3.8, 4) is 0 Å². The smallest absolute Gasteiger partial charge is 0.232 e. The van der Waals surface area contributed by atoms with Crippen molar-refractivity contribution in [1.29, 1.82) is 0 Å². The summed E-state index contributed by atoms with van der Waals surface area (Å²) in [6.45, 7) is 25.6. The number of carbonyl (C=O) groups excluding carboxylic acids is 5. The number of hydrogen-bond donors (Lipinski definition) is 5. The molecule has 5 N–H and O–H groups in total. The van der Waals surface area contributed by atoms with Gasteiger partial charge in [0.05, 0.1) is 32.7 Å². The van der Waals surface area contributed by atoms with Crippen LogP contribution in [-0.4, -0.2) is 166 Å². The van der Waals surface area contributed by atoms with E-state index in [1.54, 1.807) is 20.8 Å². The van der Waals surface area contributed by atoms with Crippen LogP contribution in [0, 0.1) is 28.6 Å². The summed E-state index contributed by atoms with van der Waals surface area (Å²) in [5.41, 5.74) is 12.2. The molecule has 13 aliphatic rings. The van der Waals surface area contributed by atoms with E-state index in [1.165, 1.54) is 132 Å². The molecule has 8 aliphatic carbocycles. The minimum Gasteiger partial charge on any atom is -0.309 e. The van der Waals surface area contributed by atoms with E-state index < -0.39 is 0 Å². The third kappa shape index (κ3) is 31.7. The quantitative estimate of drug-likeness (QED) is 0.0246. The Kier molecular flexibility index (Phi) is 34.1. The summed E-state index contributed by atoms with van der Waals surface area (Å²) < 4.78 is 0. The number of nitrogens with zero attached hydrogens (tertiary/aromatic N) is 20. The lowest BCUT2D eigenvalue weighted by molar-refractivity contribution is -0.118. The first-order valence-electron chi connectivity index (χ1n) is 52.7. The molecule has 0 amide bonds. The minimum absolute atomic E-state index is 0.0973. The molecule has 774 valence electrons. The van der Waals surface area contributed by atoms with Gasteiger partial charge in [-0.25, -0.2) is 24.9 Å². The molecule has 150 heavy (non-hydrogen) atoms. The Morgan fingerprint density at radius 1 is 0.260 bits per heavy atom. The van der Waals surface area contributed by atoms with Crippen LogP contribution in [0.15, 0.2) is 255 Å². The molecule has 5 aliphatic heterocycles. The van der Waals surface area contributed by atoms with Crippen molar-refractivity contribution in [1.82, 2.24) is 74.8 Å². The highest BCUT2D eigenvalue weighted by atomic mass is 32.2. The van der Waals surface area contributed by atoms with E-state index in [9.17, 15) is 24.0 Å². The summed E-state index contributed by atoms with van der Waals surface area (Å²) in [5, 5.41) is 19.9. The highest BCUT2D eigenvalue weighted by Crippen LogP contribution is 2.47. The molecule has 5 aromatic heterocycles.